The third kappa shape index (κ3) is 5.27. The third-order valence-corrected chi connectivity index (χ3v) is 7.97. The monoisotopic (exact) mass is 570 g/mol. The molecule has 0 amide bonds. The molecule has 0 saturated carbocycles. The van der Waals surface area contributed by atoms with Crippen molar-refractivity contribution < 1.29 is 24.2 Å². The fraction of sp³-hybridized carbons (Fsp3) is 0.355. The summed E-state index contributed by atoms with van der Waals surface area (Å²) in [7, 11) is 2.61. The highest BCUT2D eigenvalue weighted by molar-refractivity contribution is 6.21. The Bertz CT molecular complexity index is 1550. The van der Waals surface area contributed by atoms with Crippen molar-refractivity contribution in [2.24, 2.45) is 5.92 Å². The number of aliphatic carboxylic acids is 1. The van der Waals surface area contributed by atoms with Gasteiger partial charge in [0.05, 0.1) is 5.69 Å². The van der Waals surface area contributed by atoms with Gasteiger partial charge in [-0.25, -0.2) is 9.78 Å². The minimum Gasteiger partial charge on any atom is -0.479 e. The van der Waals surface area contributed by atoms with E-state index in [9.17, 15) is 14.7 Å². The van der Waals surface area contributed by atoms with Gasteiger partial charge in [-0.1, -0.05) is 30.0 Å². The zero-order valence-electron chi connectivity index (χ0n) is 23.6. The van der Waals surface area contributed by atoms with E-state index in [1.807, 2.05) is 47.4 Å². The number of carbonyl (C=O) groups excluding carboxylic acids is 1. The lowest BCUT2D eigenvalue weighted by atomic mass is 9.79. The number of nitrogen functional groups attached to an aromatic ring is 2. The van der Waals surface area contributed by atoms with Crippen molar-refractivity contribution in [1.29, 1.82) is 0 Å². The van der Waals surface area contributed by atoms with E-state index in [4.69, 9.17) is 20.9 Å². The number of nitrogens with zero attached hydrogens (tertiary/aromatic N) is 3. The molecule has 1 saturated heterocycles. The van der Waals surface area contributed by atoms with Gasteiger partial charge in [-0.05, 0) is 61.7 Å². The van der Waals surface area contributed by atoms with E-state index in [0.717, 1.165) is 31.5 Å². The number of piperidine rings is 1. The number of rotatable bonds is 7. The Balaban J connectivity index is 1.75. The van der Waals surface area contributed by atoms with E-state index in [1.165, 1.54) is 20.4 Å². The molecular formula is C31H34N6O5. The van der Waals surface area contributed by atoms with Gasteiger partial charge >= 0.3 is 5.97 Å². The van der Waals surface area contributed by atoms with Crippen LogP contribution in [0, 0.1) is 17.8 Å². The number of fused-ring (bicyclic) bond motifs is 1. The predicted molar refractivity (Wildman–Crippen MR) is 158 cm³/mol. The highest BCUT2D eigenvalue weighted by Crippen LogP contribution is 2.43. The van der Waals surface area contributed by atoms with Crippen LogP contribution in [0.1, 0.15) is 45.5 Å². The SMILES string of the molecule is COC1N(CC2CCNCC2)c2ccc(C#Cc3ccccc3)c(Cc3cnc(N)nc3N)c2C(=O)C1(OC)C(=O)O. The molecule has 3 heterocycles. The lowest BCUT2D eigenvalue weighted by molar-refractivity contribution is -0.171. The van der Waals surface area contributed by atoms with Crippen LogP contribution in [-0.2, 0) is 20.7 Å². The normalized spacial score (nSPS) is 20.5. The van der Waals surface area contributed by atoms with Crippen molar-refractivity contribution in [3.8, 4) is 11.8 Å². The second-order valence-electron chi connectivity index (χ2n) is 10.4. The van der Waals surface area contributed by atoms with Gasteiger partial charge in [-0.15, -0.1) is 0 Å². The van der Waals surface area contributed by atoms with Crippen LogP contribution in [0.2, 0.25) is 0 Å². The number of carbonyl (C=O) groups is 2. The fourth-order valence-corrected chi connectivity index (χ4v) is 5.81. The summed E-state index contributed by atoms with van der Waals surface area (Å²) in [5.74, 6) is 4.60. The lowest BCUT2D eigenvalue weighted by Crippen LogP contribution is -2.67. The van der Waals surface area contributed by atoms with Gasteiger partial charge in [-0.2, -0.15) is 4.98 Å². The molecule has 3 aromatic rings. The second kappa shape index (κ2) is 12.2. The Kier molecular flexibility index (Phi) is 8.40. The number of anilines is 3. The van der Waals surface area contributed by atoms with Gasteiger partial charge in [0.1, 0.15) is 5.82 Å². The quantitative estimate of drug-likeness (QED) is 0.243. The number of benzene rings is 2. The van der Waals surface area contributed by atoms with Gasteiger partial charge in [-0.3, -0.25) is 4.79 Å². The van der Waals surface area contributed by atoms with Crippen molar-refractivity contribution in [1.82, 2.24) is 15.3 Å². The predicted octanol–water partition coefficient (Wildman–Crippen LogP) is 2.08. The molecule has 2 aliphatic heterocycles. The van der Waals surface area contributed by atoms with Crippen molar-refractivity contribution in [2.75, 3.05) is 50.2 Å². The molecular weight excluding hydrogens is 536 g/mol. The van der Waals surface area contributed by atoms with E-state index < -0.39 is 23.6 Å². The first-order valence-electron chi connectivity index (χ1n) is 13.7. The van der Waals surface area contributed by atoms with E-state index in [2.05, 4.69) is 27.1 Å². The maximum absolute atomic E-state index is 14.4. The maximum Gasteiger partial charge on any atom is 0.349 e. The van der Waals surface area contributed by atoms with Crippen molar-refractivity contribution >= 4 is 29.2 Å². The lowest BCUT2D eigenvalue weighted by Gasteiger charge is -2.47. The molecule has 11 nitrogen and oxygen atoms in total. The van der Waals surface area contributed by atoms with Gasteiger partial charge in [0.15, 0.2) is 6.23 Å². The topological polar surface area (TPSA) is 166 Å². The van der Waals surface area contributed by atoms with Crippen molar-refractivity contribution in [2.45, 2.75) is 31.1 Å². The Hall–Kier alpha value is -4.50. The molecule has 6 N–H and O–H groups in total. The Labute approximate surface area is 244 Å². The Morgan fingerprint density at radius 2 is 1.88 bits per heavy atom. The van der Waals surface area contributed by atoms with Gasteiger partial charge in [0.2, 0.25) is 11.7 Å². The van der Waals surface area contributed by atoms with Crippen LogP contribution in [0.25, 0.3) is 0 Å². The molecule has 0 spiro atoms. The third-order valence-electron chi connectivity index (χ3n) is 7.97. The van der Waals surface area contributed by atoms with Crippen LogP contribution in [0.15, 0.2) is 48.7 Å². The number of methoxy groups -OCH3 is 2. The largest absolute Gasteiger partial charge is 0.479 e. The van der Waals surface area contributed by atoms with Crippen molar-refractivity contribution in [3.63, 3.8) is 0 Å². The van der Waals surface area contributed by atoms with E-state index >= 15 is 0 Å². The van der Waals surface area contributed by atoms with Crippen LogP contribution in [-0.4, -0.2) is 72.5 Å². The minimum atomic E-state index is -2.32. The number of nitrogens with two attached hydrogens (primary N) is 2. The standard InChI is InChI=1S/C31H34N6O5/c1-41-28-31(42-2,29(39)40)26(38)25-23(16-22-17-35-30(33)36-27(22)32)21(9-8-19-6-4-3-5-7-19)10-11-24(25)37(28)18-20-12-14-34-15-13-20/h3-7,10-11,17,20,28,34H,12-16,18H2,1-2H3,(H,39,40)(H4,32,33,35,36). The number of nitrogens with one attached hydrogen (secondary N) is 1. The molecule has 42 heavy (non-hydrogen) atoms. The van der Waals surface area contributed by atoms with Crippen LogP contribution in [0.3, 0.4) is 0 Å². The number of hydrogen-bond donors (Lipinski definition) is 4. The van der Waals surface area contributed by atoms with E-state index in [-0.39, 0.29) is 29.7 Å². The first kappa shape index (κ1) is 29.0. The molecule has 0 radical (unpaired) electrons. The number of aromatic nitrogens is 2. The number of carboxylic acids is 1. The van der Waals surface area contributed by atoms with Gasteiger partial charge < -0.3 is 36.3 Å². The molecule has 11 heteroatoms. The molecule has 2 aromatic carbocycles. The van der Waals surface area contributed by atoms with E-state index in [1.54, 1.807) is 0 Å². The Morgan fingerprint density at radius 3 is 2.52 bits per heavy atom. The first-order valence-corrected chi connectivity index (χ1v) is 13.7. The van der Waals surface area contributed by atoms with E-state index in [0.29, 0.717) is 28.9 Å². The smallest absolute Gasteiger partial charge is 0.349 e. The summed E-state index contributed by atoms with van der Waals surface area (Å²) in [6.45, 7) is 2.18. The average molecular weight is 571 g/mol. The Morgan fingerprint density at radius 1 is 1.14 bits per heavy atom. The van der Waals surface area contributed by atoms with Crippen LogP contribution >= 0.6 is 0 Å². The molecule has 218 valence electrons. The summed E-state index contributed by atoms with van der Waals surface area (Å²) in [5.41, 5.74) is 12.7. The summed E-state index contributed by atoms with van der Waals surface area (Å²) in [5, 5.41) is 13.9. The summed E-state index contributed by atoms with van der Waals surface area (Å²) in [6, 6.07) is 13.1. The summed E-state index contributed by atoms with van der Waals surface area (Å²) in [4.78, 5) is 37.4. The minimum absolute atomic E-state index is 0.0203. The molecule has 2 unspecified atom stereocenters. The van der Waals surface area contributed by atoms with Crippen LogP contribution < -0.4 is 21.7 Å². The molecule has 2 aliphatic rings. The number of ether oxygens (including phenoxy) is 2. The zero-order chi connectivity index (χ0) is 29.9. The summed E-state index contributed by atoms with van der Waals surface area (Å²) in [6.07, 6.45) is 2.21. The second-order valence-corrected chi connectivity index (χ2v) is 10.4. The van der Waals surface area contributed by atoms with Gasteiger partial charge in [0, 0.05) is 55.6 Å². The number of ketones is 1. The van der Waals surface area contributed by atoms with Crippen LogP contribution in [0.5, 0.6) is 0 Å². The highest BCUT2D eigenvalue weighted by atomic mass is 16.6. The van der Waals surface area contributed by atoms with Gasteiger partial charge in [0.25, 0.3) is 5.60 Å². The first-order chi connectivity index (χ1) is 20.3. The maximum atomic E-state index is 14.4. The number of Topliss-reactive ketones (excluding diaryl/α,β-unsaturated/α-hetero) is 1. The number of carboxylic acid groups (broad SMARTS) is 1. The average Bonchev–Trinajstić information content (AvgIpc) is 2.99. The highest BCUT2D eigenvalue weighted by Gasteiger charge is 2.61. The zero-order valence-corrected chi connectivity index (χ0v) is 23.6. The van der Waals surface area contributed by atoms with Crippen molar-refractivity contribution in [3.05, 3.63) is 76.5 Å². The number of hydrogen-bond acceptors (Lipinski definition) is 10. The summed E-state index contributed by atoms with van der Waals surface area (Å²) < 4.78 is 11.4. The fourth-order valence-electron chi connectivity index (χ4n) is 5.81. The molecule has 0 bridgehead atoms. The molecule has 0 aliphatic carbocycles. The van der Waals surface area contributed by atoms with Crippen LogP contribution in [0.4, 0.5) is 17.5 Å². The summed E-state index contributed by atoms with van der Waals surface area (Å²) >= 11 is 0. The molecule has 1 fully saturated rings. The molecule has 5 rings (SSSR count). The molecule has 2 atom stereocenters. The molecule has 1 aromatic heterocycles.